The summed E-state index contributed by atoms with van der Waals surface area (Å²) in [6, 6.07) is 7.50. The van der Waals surface area contributed by atoms with Crippen LogP contribution in [0.1, 0.15) is 29.7 Å². The molecule has 1 atom stereocenters. The monoisotopic (exact) mass is 305 g/mol. The van der Waals surface area contributed by atoms with Crippen molar-refractivity contribution in [2.45, 2.75) is 18.9 Å². The molecule has 1 aromatic carbocycles. The molecule has 0 aliphatic rings. The van der Waals surface area contributed by atoms with Gasteiger partial charge in [0.25, 0.3) is 0 Å². The molecular weight excluding hydrogens is 294 g/mol. The van der Waals surface area contributed by atoms with Crippen molar-refractivity contribution in [1.29, 1.82) is 0 Å². The van der Waals surface area contributed by atoms with Gasteiger partial charge in [-0.25, -0.2) is 0 Å². The summed E-state index contributed by atoms with van der Waals surface area (Å²) >= 11 is 3.48. The van der Waals surface area contributed by atoms with Crippen molar-refractivity contribution in [3.8, 4) is 12.3 Å². The molecule has 1 unspecified atom stereocenters. The van der Waals surface area contributed by atoms with E-state index in [1.165, 1.54) is 0 Å². The van der Waals surface area contributed by atoms with Crippen LogP contribution in [0.15, 0.2) is 33.3 Å². The summed E-state index contributed by atoms with van der Waals surface area (Å²) in [6.07, 6.45) is 6.17. The molecule has 0 aliphatic heterocycles. The van der Waals surface area contributed by atoms with Gasteiger partial charge in [0.15, 0.2) is 5.82 Å². The van der Waals surface area contributed by atoms with Crippen LogP contribution in [0.3, 0.4) is 0 Å². The number of nitrogens with zero attached hydrogens (tertiary/aromatic N) is 2. The Kier molecular flexibility index (Phi) is 4.13. The maximum absolute atomic E-state index is 5.79. The minimum absolute atomic E-state index is 0.384. The number of hydrogen-bond acceptors (Lipinski definition) is 4. The molecule has 1 heterocycles. The van der Waals surface area contributed by atoms with Crippen molar-refractivity contribution in [2.24, 2.45) is 5.73 Å². The topological polar surface area (TPSA) is 64.9 Å². The molecule has 4 nitrogen and oxygen atoms in total. The van der Waals surface area contributed by atoms with Gasteiger partial charge in [-0.2, -0.15) is 4.98 Å². The molecule has 0 aliphatic carbocycles. The van der Waals surface area contributed by atoms with E-state index < -0.39 is 6.04 Å². The molecule has 92 valence electrons. The maximum Gasteiger partial charge on any atom is 0.244 e. The second kappa shape index (κ2) is 5.80. The molecule has 18 heavy (non-hydrogen) atoms. The van der Waals surface area contributed by atoms with Gasteiger partial charge in [-0.1, -0.05) is 39.3 Å². The van der Waals surface area contributed by atoms with Gasteiger partial charge in [-0.05, 0) is 11.6 Å². The Morgan fingerprint density at radius 1 is 1.44 bits per heavy atom. The van der Waals surface area contributed by atoms with Crippen molar-refractivity contribution in [3.63, 3.8) is 0 Å². The van der Waals surface area contributed by atoms with Crippen molar-refractivity contribution in [3.05, 3.63) is 46.0 Å². The van der Waals surface area contributed by atoms with E-state index in [0.717, 1.165) is 10.0 Å². The van der Waals surface area contributed by atoms with Gasteiger partial charge in [0, 0.05) is 17.3 Å². The van der Waals surface area contributed by atoms with Crippen LogP contribution >= 0.6 is 15.9 Å². The SMILES string of the molecule is C#CCC(N)c1nc(Cc2ccccc2Br)no1. The average Bonchev–Trinajstić information content (AvgIpc) is 2.81. The predicted molar refractivity (Wildman–Crippen MR) is 71.6 cm³/mol. The van der Waals surface area contributed by atoms with Gasteiger partial charge in [0.1, 0.15) is 0 Å². The Balaban J connectivity index is 2.12. The minimum Gasteiger partial charge on any atom is -0.338 e. The van der Waals surface area contributed by atoms with E-state index in [1.807, 2.05) is 24.3 Å². The highest BCUT2D eigenvalue weighted by molar-refractivity contribution is 9.10. The van der Waals surface area contributed by atoms with E-state index in [1.54, 1.807) is 0 Å². The average molecular weight is 306 g/mol. The molecule has 0 saturated heterocycles. The third-order valence-electron chi connectivity index (χ3n) is 2.45. The molecule has 2 N–H and O–H groups in total. The normalized spacial score (nSPS) is 12.1. The molecule has 5 heteroatoms. The first kappa shape index (κ1) is 12.8. The van der Waals surface area contributed by atoms with Gasteiger partial charge in [0.2, 0.25) is 5.89 Å². The standard InChI is InChI=1S/C13H12BrN3O/c1-2-5-11(15)13-16-12(17-18-13)8-9-6-3-4-7-10(9)14/h1,3-4,6-7,11H,5,8,15H2. The summed E-state index contributed by atoms with van der Waals surface area (Å²) in [5.41, 5.74) is 6.89. The van der Waals surface area contributed by atoms with Gasteiger partial charge in [-0.3, -0.25) is 0 Å². The maximum atomic E-state index is 5.79. The first-order valence-corrected chi connectivity index (χ1v) is 6.25. The van der Waals surface area contributed by atoms with Crippen LogP contribution < -0.4 is 5.73 Å². The number of terminal acetylenes is 1. The highest BCUT2D eigenvalue weighted by Crippen LogP contribution is 2.19. The number of hydrogen-bond donors (Lipinski definition) is 1. The Labute approximate surface area is 114 Å². The van der Waals surface area contributed by atoms with E-state index in [-0.39, 0.29) is 0 Å². The molecular formula is C13H12BrN3O. The van der Waals surface area contributed by atoms with Gasteiger partial charge in [-0.15, -0.1) is 12.3 Å². The smallest absolute Gasteiger partial charge is 0.244 e. The first-order valence-electron chi connectivity index (χ1n) is 5.45. The molecule has 2 aromatic rings. The van der Waals surface area contributed by atoms with Crippen LogP contribution in [0.4, 0.5) is 0 Å². The van der Waals surface area contributed by atoms with Gasteiger partial charge < -0.3 is 10.3 Å². The summed E-state index contributed by atoms with van der Waals surface area (Å²) in [4.78, 5) is 4.25. The Morgan fingerprint density at radius 3 is 2.94 bits per heavy atom. The lowest BCUT2D eigenvalue weighted by Gasteiger charge is -2.00. The quantitative estimate of drug-likeness (QED) is 0.881. The lowest BCUT2D eigenvalue weighted by Crippen LogP contribution is -2.09. The van der Waals surface area contributed by atoms with Gasteiger partial charge in [0.05, 0.1) is 6.04 Å². The largest absolute Gasteiger partial charge is 0.338 e. The second-order valence-corrected chi connectivity index (χ2v) is 4.69. The lowest BCUT2D eigenvalue weighted by molar-refractivity contribution is 0.353. The van der Waals surface area contributed by atoms with Crippen molar-refractivity contribution < 1.29 is 4.52 Å². The Bertz CT molecular complexity index is 574. The summed E-state index contributed by atoms with van der Waals surface area (Å²) in [5.74, 6) is 3.46. The van der Waals surface area contributed by atoms with E-state index in [9.17, 15) is 0 Å². The van der Waals surface area contributed by atoms with Crippen molar-refractivity contribution >= 4 is 15.9 Å². The Hall–Kier alpha value is -1.64. The van der Waals surface area contributed by atoms with Crippen LogP contribution in [-0.2, 0) is 6.42 Å². The summed E-state index contributed by atoms with van der Waals surface area (Å²) in [6.45, 7) is 0. The summed E-state index contributed by atoms with van der Waals surface area (Å²) < 4.78 is 6.11. The molecule has 0 spiro atoms. The second-order valence-electron chi connectivity index (χ2n) is 3.83. The molecule has 0 saturated carbocycles. The molecule has 0 amide bonds. The van der Waals surface area contributed by atoms with Crippen molar-refractivity contribution in [1.82, 2.24) is 10.1 Å². The van der Waals surface area contributed by atoms with E-state index in [2.05, 4.69) is 32.0 Å². The van der Waals surface area contributed by atoms with Crippen LogP contribution in [-0.4, -0.2) is 10.1 Å². The predicted octanol–water partition coefficient (Wildman–Crippen LogP) is 2.45. The number of rotatable bonds is 4. The summed E-state index contributed by atoms with van der Waals surface area (Å²) in [7, 11) is 0. The van der Waals surface area contributed by atoms with Crippen LogP contribution in [0.25, 0.3) is 0 Å². The van der Waals surface area contributed by atoms with Gasteiger partial charge >= 0.3 is 0 Å². The van der Waals surface area contributed by atoms with Crippen LogP contribution in [0.2, 0.25) is 0 Å². The highest BCUT2D eigenvalue weighted by atomic mass is 79.9. The van der Waals surface area contributed by atoms with E-state index in [4.69, 9.17) is 16.7 Å². The molecule has 1 aromatic heterocycles. The zero-order valence-electron chi connectivity index (χ0n) is 9.64. The minimum atomic E-state index is -0.393. The number of benzene rings is 1. The molecule has 0 radical (unpaired) electrons. The fourth-order valence-corrected chi connectivity index (χ4v) is 1.94. The molecule has 0 bridgehead atoms. The third-order valence-corrected chi connectivity index (χ3v) is 3.22. The highest BCUT2D eigenvalue weighted by Gasteiger charge is 2.14. The molecule has 2 rings (SSSR count). The van der Waals surface area contributed by atoms with Crippen LogP contribution in [0, 0.1) is 12.3 Å². The zero-order chi connectivity index (χ0) is 13.0. The van der Waals surface area contributed by atoms with E-state index in [0.29, 0.717) is 24.6 Å². The van der Waals surface area contributed by atoms with E-state index >= 15 is 0 Å². The summed E-state index contributed by atoms with van der Waals surface area (Å²) in [5, 5.41) is 3.90. The molecule has 0 fully saturated rings. The lowest BCUT2D eigenvalue weighted by atomic mass is 10.1. The van der Waals surface area contributed by atoms with Crippen molar-refractivity contribution in [2.75, 3.05) is 0 Å². The first-order chi connectivity index (χ1) is 8.70. The fourth-order valence-electron chi connectivity index (χ4n) is 1.52. The number of halogens is 1. The third kappa shape index (κ3) is 2.97. The number of aromatic nitrogens is 2. The number of nitrogens with two attached hydrogens (primary N) is 1. The zero-order valence-corrected chi connectivity index (χ0v) is 11.2. The fraction of sp³-hybridized carbons (Fsp3) is 0.231. The van der Waals surface area contributed by atoms with Crippen LogP contribution in [0.5, 0.6) is 0 Å². The Morgan fingerprint density at radius 2 is 2.22 bits per heavy atom.